The average molecular weight is 223 g/mol. The Labute approximate surface area is 92.2 Å². The summed E-state index contributed by atoms with van der Waals surface area (Å²) in [5.41, 5.74) is 11.4. The number of carboxylic acids is 1. The number of aliphatic carboxylic acids is 1. The molecule has 1 aromatic rings. The number of anilines is 1. The van der Waals surface area contributed by atoms with E-state index in [0.29, 0.717) is 11.3 Å². The molecule has 6 N–H and O–H groups in total. The Morgan fingerprint density at radius 2 is 1.88 bits per heavy atom. The molecule has 0 radical (unpaired) electrons. The van der Waals surface area contributed by atoms with Gasteiger partial charge < -0.3 is 21.9 Å². The van der Waals surface area contributed by atoms with Crippen LogP contribution in [0.5, 0.6) is 0 Å². The van der Waals surface area contributed by atoms with Gasteiger partial charge in [0.1, 0.15) is 0 Å². The third-order valence-electron chi connectivity index (χ3n) is 2.11. The van der Waals surface area contributed by atoms with Crippen LogP contribution in [0.4, 0.5) is 10.5 Å². The largest absolute Gasteiger partial charge is 0.481 e. The highest BCUT2D eigenvalue weighted by Gasteiger charge is 2.17. The van der Waals surface area contributed by atoms with Gasteiger partial charge in [-0.1, -0.05) is 12.1 Å². The number of primary amides is 1. The summed E-state index contributed by atoms with van der Waals surface area (Å²) in [7, 11) is 0. The zero-order valence-electron chi connectivity index (χ0n) is 8.51. The van der Waals surface area contributed by atoms with Gasteiger partial charge in [0.05, 0.1) is 5.92 Å². The molecule has 0 bridgehead atoms. The van der Waals surface area contributed by atoms with Gasteiger partial charge in [0.2, 0.25) is 0 Å². The van der Waals surface area contributed by atoms with Crippen molar-refractivity contribution in [2.24, 2.45) is 11.5 Å². The molecule has 0 spiro atoms. The minimum absolute atomic E-state index is 0.0257. The van der Waals surface area contributed by atoms with Crippen molar-refractivity contribution in [1.82, 2.24) is 0 Å². The van der Waals surface area contributed by atoms with Gasteiger partial charge in [-0.2, -0.15) is 0 Å². The molecule has 6 heteroatoms. The van der Waals surface area contributed by atoms with Crippen LogP contribution in [0, 0.1) is 0 Å². The van der Waals surface area contributed by atoms with E-state index in [1.54, 1.807) is 24.3 Å². The number of nitrogens with two attached hydrogens (primary N) is 2. The van der Waals surface area contributed by atoms with Crippen LogP contribution in [0.25, 0.3) is 0 Å². The first kappa shape index (κ1) is 12.0. The molecule has 86 valence electrons. The van der Waals surface area contributed by atoms with Gasteiger partial charge in [0, 0.05) is 12.2 Å². The molecule has 0 saturated heterocycles. The van der Waals surface area contributed by atoms with E-state index in [1.165, 1.54) is 0 Å². The number of carboxylic acid groups (broad SMARTS) is 1. The van der Waals surface area contributed by atoms with E-state index in [0.717, 1.165) is 0 Å². The van der Waals surface area contributed by atoms with Crippen molar-refractivity contribution in [3.8, 4) is 0 Å². The lowest BCUT2D eigenvalue weighted by Crippen LogP contribution is -2.21. The number of amides is 2. The van der Waals surface area contributed by atoms with Crippen LogP contribution < -0.4 is 16.8 Å². The summed E-state index contributed by atoms with van der Waals surface area (Å²) in [5, 5.41) is 11.2. The van der Waals surface area contributed by atoms with Crippen LogP contribution in [-0.2, 0) is 4.79 Å². The number of carbonyl (C=O) groups is 2. The maximum atomic E-state index is 10.8. The predicted molar refractivity (Wildman–Crippen MR) is 59.1 cm³/mol. The molecule has 1 atom stereocenters. The maximum Gasteiger partial charge on any atom is 0.316 e. The summed E-state index contributed by atoms with van der Waals surface area (Å²) in [5.74, 6) is -1.71. The second kappa shape index (κ2) is 5.13. The lowest BCUT2D eigenvalue weighted by molar-refractivity contribution is -0.138. The SMILES string of the molecule is NCC(C(=O)O)c1ccc(NC(N)=O)cc1. The van der Waals surface area contributed by atoms with Crippen molar-refractivity contribution in [3.05, 3.63) is 29.8 Å². The monoisotopic (exact) mass is 223 g/mol. The first-order valence-corrected chi connectivity index (χ1v) is 4.64. The summed E-state index contributed by atoms with van der Waals surface area (Å²) in [4.78, 5) is 21.4. The Hall–Kier alpha value is -2.08. The summed E-state index contributed by atoms with van der Waals surface area (Å²) in [6.07, 6.45) is 0. The molecule has 0 fully saturated rings. The molecule has 0 heterocycles. The Bertz CT molecular complexity index is 389. The van der Waals surface area contributed by atoms with E-state index < -0.39 is 17.9 Å². The van der Waals surface area contributed by atoms with E-state index in [1.807, 2.05) is 0 Å². The van der Waals surface area contributed by atoms with Crippen molar-refractivity contribution < 1.29 is 14.7 Å². The topological polar surface area (TPSA) is 118 Å². The molecule has 2 amide bonds. The Morgan fingerprint density at radius 1 is 1.31 bits per heavy atom. The normalized spacial score (nSPS) is 11.8. The molecule has 0 aliphatic rings. The predicted octanol–water partition coefficient (Wildman–Crippen LogP) is 0.304. The Balaban J connectivity index is 2.85. The third kappa shape index (κ3) is 2.96. The Kier molecular flexibility index (Phi) is 3.84. The average Bonchev–Trinajstić information content (AvgIpc) is 2.20. The fourth-order valence-electron chi connectivity index (χ4n) is 1.32. The fraction of sp³-hybridized carbons (Fsp3) is 0.200. The van der Waals surface area contributed by atoms with E-state index in [4.69, 9.17) is 16.6 Å². The standard InChI is InChI=1S/C10H13N3O3/c11-5-8(9(14)15)6-1-3-7(4-2-6)13-10(12)16/h1-4,8H,5,11H2,(H,14,15)(H3,12,13,16). The number of nitrogens with one attached hydrogen (secondary N) is 1. The molecule has 16 heavy (non-hydrogen) atoms. The van der Waals surface area contributed by atoms with Crippen LogP contribution in [-0.4, -0.2) is 23.7 Å². The molecular weight excluding hydrogens is 210 g/mol. The van der Waals surface area contributed by atoms with Gasteiger partial charge >= 0.3 is 12.0 Å². The molecule has 0 saturated carbocycles. The van der Waals surface area contributed by atoms with E-state index in [-0.39, 0.29) is 6.54 Å². The van der Waals surface area contributed by atoms with Crippen LogP contribution in [0.3, 0.4) is 0 Å². The van der Waals surface area contributed by atoms with Gasteiger partial charge in [-0.3, -0.25) is 4.79 Å². The van der Waals surface area contributed by atoms with Gasteiger partial charge in [0.25, 0.3) is 0 Å². The maximum absolute atomic E-state index is 10.8. The number of rotatable bonds is 4. The van der Waals surface area contributed by atoms with Crippen molar-refractivity contribution >= 4 is 17.7 Å². The number of urea groups is 1. The minimum atomic E-state index is -0.974. The summed E-state index contributed by atoms with van der Waals surface area (Å²) in [6, 6.07) is 5.67. The highest BCUT2D eigenvalue weighted by Crippen LogP contribution is 2.17. The third-order valence-corrected chi connectivity index (χ3v) is 2.11. The summed E-state index contributed by atoms with van der Waals surface area (Å²) < 4.78 is 0. The smallest absolute Gasteiger partial charge is 0.316 e. The molecule has 0 aromatic heterocycles. The van der Waals surface area contributed by atoms with Crippen molar-refractivity contribution in [1.29, 1.82) is 0 Å². The van der Waals surface area contributed by atoms with E-state index >= 15 is 0 Å². The van der Waals surface area contributed by atoms with Crippen LogP contribution in [0.1, 0.15) is 11.5 Å². The molecule has 1 aromatic carbocycles. The van der Waals surface area contributed by atoms with Crippen LogP contribution in [0.2, 0.25) is 0 Å². The van der Waals surface area contributed by atoms with Crippen LogP contribution in [0.15, 0.2) is 24.3 Å². The first-order chi connectivity index (χ1) is 7.54. The van der Waals surface area contributed by atoms with E-state index in [9.17, 15) is 9.59 Å². The number of benzene rings is 1. The second-order valence-corrected chi connectivity index (χ2v) is 3.24. The van der Waals surface area contributed by atoms with Crippen molar-refractivity contribution in [2.45, 2.75) is 5.92 Å². The quantitative estimate of drug-likeness (QED) is 0.587. The number of hydrogen-bond acceptors (Lipinski definition) is 3. The Morgan fingerprint density at radius 3 is 2.25 bits per heavy atom. The fourth-order valence-corrected chi connectivity index (χ4v) is 1.32. The summed E-state index contributed by atoms with van der Waals surface area (Å²) in [6.45, 7) is 0.0257. The minimum Gasteiger partial charge on any atom is -0.481 e. The molecule has 0 aliphatic heterocycles. The second-order valence-electron chi connectivity index (χ2n) is 3.24. The van der Waals surface area contributed by atoms with Gasteiger partial charge in [-0.15, -0.1) is 0 Å². The lowest BCUT2D eigenvalue weighted by Gasteiger charge is -2.10. The lowest BCUT2D eigenvalue weighted by atomic mass is 9.99. The molecular formula is C10H13N3O3. The van der Waals surface area contributed by atoms with Crippen molar-refractivity contribution in [2.75, 3.05) is 11.9 Å². The molecule has 1 rings (SSSR count). The highest BCUT2D eigenvalue weighted by molar-refractivity contribution is 5.87. The van der Waals surface area contributed by atoms with Gasteiger partial charge in [-0.05, 0) is 17.7 Å². The zero-order chi connectivity index (χ0) is 12.1. The van der Waals surface area contributed by atoms with Gasteiger partial charge in [-0.25, -0.2) is 4.79 Å². The van der Waals surface area contributed by atoms with Crippen molar-refractivity contribution in [3.63, 3.8) is 0 Å². The highest BCUT2D eigenvalue weighted by atomic mass is 16.4. The first-order valence-electron chi connectivity index (χ1n) is 4.64. The van der Waals surface area contributed by atoms with E-state index in [2.05, 4.69) is 5.32 Å². The number of hydrogen-bond donors (Lipinski definition) is 4. The van der Waals surface area contributed by atoms with Crippen LogP contribution >= 0.6 is 0 Å². The molecule has 0 aliphatic carbocycles. The molecule has 1 unspecified atom stereocenters. The number of carbonyl (C=O) groups excluding carboxylic acids is 1. The zero-order valence-corrected chi connectivity index (χ0v) is 8.51. The van der Waals surface area contributed by atoms with Gasteiger partial charge in [0.15, 0.2) is 0 Å². The molecule has 6 nitrogen and oxygen atoms in total. The summed E-state index contributed by atoms with van der Waals surface area (Å²) >= 11 is 0.